The van der Waals surface area contributed by atoms with Gasteiger partial charge < -0.3 is 20.9 Å². The number of methoxy groups -OCH3 is 1. The monoisotopic (exact) mass is 410 g/mol. The second-order valence-corrected chi connectivity index (χ2v) is 8.26. The van der Waals surface area contributed by atoms with Crippen LogP contribution in [0.4, 0.5) is 11.4 Å². The summed E-state index contributed by atoms with van der Waals surface area (Å²) in [5, 5.41) is 13.2. The summed E-state index contributed by atoms with van der Waals surface area (Å²) in [7, 11) is 1.54. The number of hydrogen-bond donors (Lipinski definition) is 4. The Morgan fingerprint density at radius 1 is 1.00 bits per heavy atom. The maximum Gasteiger partial charge on any atom is 0.162 e. The fraction of sp³-hybridized carbons (Fsp3) is 0.250. The van der Waals surface area contributed by atoms with Gasteiger partial charge in [0.2, 0.25) is 0 Å². The predicted molar refractivity (Wildman–Crippen MR) is 125 cm³/mol. The van der Waals surface area contributed by atoms with Crippen molar-refractivity contribution in [1.82, 2.24) is 0 Å². The minimum Gasteiger partial charge on any atom is -0.504 e. The largest absolute Gasteiger partial charge is 0.504 e. The van der Waals surface area contributed by atoms with Gasteiger partial charge in [-0.3, -0.25) is 0 Å². The highest BCUT2D eigenvalue weighted by molar-refractivity contribution is 7.80. The third-order valence-electron chi connectivity index (χ3n) is 4.41. The molecule has 0 amide bonds. The molecule has 3 aromatic rings. The number of nitrogens with one attached hydrogen (secondary N) is 1. The van der Waals surface area contributed by atoms with E-state index in [2.05, 4.69) is 44.8 Å². The highest BCUT2D eigenvalue weighted by Crippen LogP contribution is 2.29. The molecule has 154 valence electrons. The highest BCUT2D eigenvalue weighted by Gasteiger charge is 2.12. The molecule has 0 saturated heterocycles. The summed E-state index contributed by atoms with van der Waals surface area (Å²) < 4.78 is 5.07. The standard InChI is InChI=1S/C14H15NO2S.C10H15N/c1-17-13-4-2-3-10(14(13)16)9-15-11-5-7-12(18)8-6-11;1-10(2,3)8-5-4-6-9(11)7-8/h2-8,15-16,18H,9H2,1H3;4-7H,11H2,1-3H3. The first-order chi connectivity index (χ1) is 13.7. The molecule has 0 atom stereocenters. The number of benzene rings is 3. The summed E-state index contributed by atoms with van der Waals surface area (Å²) in [5.41, 5.74) is 9.77. The number of rotatable bonds is 4. The van der Waals surface area contributed by atoms with Crippen LogP contribution >= 0.6 is 12.6 Å². The zero-order valence-electron chi connectivity index (χ0n) is 17.4. The van der Waals surface area contributed by atoms with Gasteiger partial charge >= 0.3 is 0 Å². The molecule has 0 saturated carbocycles. The van der Waals surface area contributed by atoms with Gasteiger partial charge in [-0.1, -0.05) is 45.0 Å². The molecule has 0 unspecified atom stereocenters. The number of thiol groups is 1. The van der Waals surface area contributed by atoms with Gasteiger partial charge in [0.25, 0.3) is 0 Å². The van der Waals surface area contributed by atoms with Gasteiger partial charge in [0.15, 0.2) is 11.5 Å². The van der Waals surface area contributed by atoms with Crippen LogP contribution < -0.4 is 15.8 Å². The van der Waals surface area contributed by atoms with E-state index in [9.17, 15) is 5.11 Å². The van der Waals surface area contributed by atoms with Crippen molar-refractivity contribution in [2.24, 2.45) is 0 Å². The van der Waals surface area contributed by atoms with Crippen molar-refractivity contribution in [1.29, 1.82) is 0 Å². The molecular formula is C24H30N2O2S. The quantitative estimate of drug-likeness (QED) is 0.321. The Morgan fingerprint density at radius 3 is 2.21 bits per heavy atom. The molecule has 3 aromatic carbocycles. The minimum absolute atomic E-state index is 0.179. The molecule has 0 fully saturated rings. The van der Waals surface area contributed by atoms with Gasteiger partial charge in [0, 0.05) is 28.4 Å². The number of phenolic OH excluding ortho intramolecular Hbond substituents is 1. The molecule has 0 aliphatic heterocycles. The predicted octanol–water partition coefficient (Wildman–Crippen LogP) is 5.87. The Balaban J connectivity index is 0.000000234. The van der Waals surface area contributed by atoms with E-state index in [4.69, 9.17) is 10.5 Å². The minimum atomic E-state index is 0.179. The molecule has 0 heterocycles. The van der Waals surface area contributed by atoms with Crippen molar-refractivity contribution in [2.75, 3.05) is 18.2 Å². The SMILES string of the molecule is CC(C)(C)c1cccc(N)c1.COc1cccc(CNc2ccc(S)cc2)c1O. The number of anilines is 2. The average Bonchev–Trinajstić information content (AvgIpc) is 2.68. The van der Waals surface area contributed by atoms with Gasteiger partial charge in [-0.2, -0.15) is 0 Å². The Bertz CT molecular complexity index is 919. The van der Waals surface area contributed by atoms with Crippen molar-refractivity contribution in [3.05, 3.63) is 77.9 Å². The number of phenols is 1. The molecule has 0 bridgehead atoms. The number of para-hydroxylation sites is 1. The van der Waals surface area contributed by atoms with Gasteiger partial charge in [0.05, 0.1) is 7.11 Å². The van der Waals surface area contributed by atoms with Crippen LogP contribution in [0.5, 0.6) is 11.5 Å². The lowest BCUT2D eigenvalue weighted by molar-refractivity contribution is 0.371. The Morgan fingerprint density at radius 2 is 1.66 bits per heavy atom. The van der Waals surface area contributed by atoms with Crippen molar-refractivity contribution in [3.8, 4) is 11.5 Å². The molecule has 4 N–H and O–H groups in total. The average molecular weight is 411 g/mol. The molecule has 0 aliphatic carbocycles. The fourth-order valence-electron chi connectivity index (χ4n) is 2.66. The first-order valence-electron chi connectivity index (χ1n) is 9.44. The number of nitrogens with two attached hydrogens (primary N) is 1. The molecular weight excluding hydrogens is 380 g/mol. The van der Waals surface area contributed by atoms with E-state index in [0.29, 0.717) is 12.3 Å². The summed E-state index contributed by atoms with van der Waals surface area (Å²) in [6.45, 7) is 7.08. The third-order valence-corrected chi connectivity index (χ3v) is 4.70. The summed E-state index contributed by atoms with van der Waals surface area (Å²) in [6.07, 6.45) is 0. The second-order valence-electron chi connectivity index (χ2n) is 7.74. The Labute approximate surface area is 179 Å². The number of ether oxygens (including phenoxy) is 1. The molecule has 3 rings (SSSR count). The highest BCUT2D eigenvalue weighted by atomic mass is 32.1. The maximum absolute atomic E-state index is 9.93. The van der Waals surface area contributed by atoms with E-state index >= 15 is 0 Å². The third kappa shape index (κ3) is 6.95. The molecule has 0 radical (unpaired) electrons. The number of nitrogen functional groups attached to an aromatic ring is 1. The van der Waals surface area contributed by atoms with Crippen LogP contribution in [0.25, 0.3) is 0 Å². The van der Waals surface area contributed by atoms with E-state index in [-0.39, 0.29) is 11.2 Å². The second kappa shape index (κ2) is 10.1. The van der Waals surface area contributed by atoms with Gasteiger partial charge in [-0.05, 0) is 53.4 Å². The van der Waals surface area contributed by atoms with Crippen LogP contribution in [0.3, 0.4) is 0 Å². The summed E-state index contributed by atoms with van der Waals surface area (Å²) in [4.78, 5) is 0.921. The van der Waals surface area contributed by atoms with Crippen LogP contribution in [0.2, 0.25) is 0 Å². The zero-order chi connectivity index (χ0) is 21.4. The lowest BCUT2D eigenvalue weighted by Gasteiger charge is -2.18. The zero-order valence-corrected chi connectivity index (χ0v) is 18.3. The number of aromatic hydroxyl groups is 1. The number of hydrogen-bond acceptors (Lipinski definition) is 5. The van der Waals surface area contributed by atoms with Crippen LogP contribution in [0.1, 0.15) is 31.9 Å². The first kappa shape index (κ1) is 22.5. The van der Waals surface area contributed by atoms with Crippen molar-refractivity contribution in [3.63, 3.8) is 0 Å². The van der Waals surface area contributed by atoms with Crippen molar-refractivity contribution >= 4 is 24.0 Å². The molecule has 0 aromatic heterocycles. The fourth-order valence-corrected chi connectivity index (χ4v) is 2.81. The first-order valence-corrected chi connectivity index (χ1v) is 9.89. The molecule has 0 spiro atoms. The van der Waals surface area contributed by atoms with E-state index < -0.39 is 0 Å². The normalized spacial score (nSPS) is 10.7. The van der Waals surface area contributed by atoms with E-state index in [1.807, 2.05) is 54.6 Å². The lowest BCUT2D eigenvalue weighted by Crippen LogP contribution is -2.10. The maximum atomic E-state index is 9.93. The van der Waals surface area contributed by atoms with E-state index in [1.165, 1.54) is 12.7 Å². The van der Waals surface area contributed by atoms with Gasteiger partial charge in [-0.25, -0.2) is 0 Å². The smallest absolute Gasteiger partial charge is 0.162 e. The van der Waals surface area contributed by atoms with Gasteiger partial charge in [0.1, 0.15) is 0 Å². The molecule has 5 heteroatoms. The van der Waals surface area contributed by atoms with Gasteiger partial charge in [-0.15, -0.1) is 12.6 Å². The summed E-state index contributed by atoms with van der Waals surface area (Å²) in [5.74, 6) is 0.665. The van der Waals surface area contributed by atoms with Crippen LogP contribution in [-0.4, -0.2) is 12.2 Å². The van der Waals surface area contributed by atoms with E-state index in [1.54, 1.807) is 6.07 Å². The summed E-state index contributed by atoms with van der Waals surface area (Å²) in [6, 6.07) is 21.2. The van der Waals surface area contributed by atoms with Crippen LogP contribution in [0.15, 0.2) is 71.6 Å². The molecule has 0 aliphatic rings. The van der Waals surface area contributed by atoms with Crippen LogP contribution in [-0.2, 0) is 12.0 Å². The Hall–Kier alpha value is -2.79. The topological polar surface area (TPSA) is 67.5 Å². The van der Waals surface area contributed by atoms with E-state index in [0.717, 1.165) is 21.8 Å². The van der Waals surface area contributed by atoms with Crippen molar-refractivity contribution < 1.29 is 9.84 Å². The van der Waals surface area contributed by atoms with Crippen molar-refractivity contribution in [2.45, 2.75) is 37.6 Å². The molecule has 29 heavy (non-hydrogen) atoms. The Kier molecular flexibility index (Phi) is 7.85. The molecule has 4 nitrogen and oxygen atoms in total. The van der Waals surface area contributed by atoms with Crippen LogP contribution in [0, 0.1) is 0 Å². The lowest BCUT2D eigenvalue weighted by atomic mass is 9.87. The summed E-state index contributed by atoms with van der Waals surface area (Å²) >= 11 is 4.23.